The van der Waals surface area contributed by atoms with Gasteiger partial charge in [0.05, 0.1) is 23.5 Å². The van der Waals surface area contributed by atoms with Gasteiger partial charge in [0.2, 0.25) is 5.91 Å². The van der Waals surface area contributed by atoms with Crippen LogP contribution in [0, 0.1) is 12.8 Å². The van der Waals surface area contributed by atoms with Crippen molar-refractivity contribution in [2.24, 2.45) is 13.0 Å². The van der Waals surface area contributed by atoms with E-state index in [2.05, 4.69) is 25.9 Å². The Morgan fingerprint density at radius 3 is 2.79 bits per heavy atom. The lowest BCUT2D eigenvalue weighted by Gasteiger charge is -2.55. The van der Waals surface area contributed by atoms with Crippen LogP contribution in [0.4, 0.5) is 10.5 Å². The molecule has 3 N–H and O–H groups in total. The van der Waals surface area contributed by atoms with Gasteiger partial charge in [-0.3, -0.25) is 14.4 Å². The molecule has 0 aromatic carbocycles. The molecule has 5 heterocycles. The monoisotopic (exact) mass is 402 g/mol. The van der Waals surface area contributed by atoms with Gasteiger partial charge in [-0.15, -0.1) is 0 Å². The van der Waals surface area contributed by atoms with E-state index in [4.69, 9.17) is 4.74 Å². The number of urea groups is 1. The van der Waals surface area contributed by atoms with Crippen molar-refractivity contribution in [3.05, 3.63) is 11.9 Å². The van der Waals surface area contributed by atoms with Crippen LogP contribution >= 0.6 is 0 Å². The van der Waals surface area contributed by atoms with E-state index >= 15 is 0 Å². The molecule has 4 fully saturated rings. The average Bonchev–Trinajstić information content (AvgIpc) is 3.10. The van der Waals surface area contributed by atoms with Gasteiger partial charge < -0.3 is 20.7 Å². The minimum atomic E-state index is -0.216. The number of ether oxygens (including phenoxy) is 1. The van der Waals surface area contributed by atoms with Gasteiger partial charge in [-0.05, 0) is 45.4 Å². The van der Waals surface area contributed by atoms with E-state index in [1.165, 1.54) is 0 Å². The molecule has 2 unspecified atom stereocenters. The van der Waals surface area contributed by atoms with Crippen molar-refractivity contribution in [3.8, 4) is 0 Å². The van der Waals surface area contributed by atoms with Crippen molar-refractivity contribution in [1.29, 1.82) is 0 Å². The number of carbonyl (C=O) groups is 2. The molecule has 4 atom stereocenters. The quantitative estimate of drug-likeness (QED) is 0.703. The molecule has 4 saturated heterocycles. The van der Waals surface area contributed by atoms with Crippen molar-refractivity contribution >= 4 is 17.6 Å². The Morgan fingerprint density at radius 2 is 2.10 bits per heavy atom. The van der Waals surface area contributed by atoms with Crippen molar-refractivity contribution in [1.82, 2.24) is 25.3 Å². The minimum Gasteiger partial charge on any atom is -0.358 e. The van der Waals surface area contributed by atoms with Crippen molar-refractivity contribution < 1.29 is 14.3 Å². The van der Waals surface area contributed by atoms with E-state index in [1.807, 2.05) is 20.2 Å². The van der Waals surface area contributed by atoms with Crippen LogP contribution in [0.25, 0.3) is 0 Å². The number of anilines is 1. The molecule has 5 rings (SSSR count). The predicted molar refractivity (Wildman–Crippen MR) is 106 cm³/mol. The Morgan fingerprint density at radius 1 is 1.34 bits per heavy atom. The molecule has 29 heavy (non-hydrogen) atoms. The summed E-state index contributed by atoms with van der Waals surface area (Å²) in [7, 11) is 1.85. The summed E-state index contributed by atoms with van der Waals surface area (Å²) in [6.45, 7) is 2.99. The second-order valence-electron chi connectivity index (χ2n) is 9.11. The van der Waals surface area contributed by atoms with E-state index in [0.717, 1.165) is 49.9 Å². The third-order valence-electron chi connectivity index (χ3n) is 7.25. The SMILES string of the molecule is Cc1nn(C)cc1NC(=O)CN1C2CCC1CC1(C2)NC(=O)N[C@H]2OCCC[C@H]21. The molecule has 4 aliphatic rings. The number of fused-ring (bicyclic) bond motifs is 4. The van der Waals surface area contributed by atoms with Crippen LogP contribution in [-0.4, -0.2) is 63.6 Å². The molecule has 1 spiro atoms. The lowest BCUT2D eigenvalue weighted by atomic mass is 9.69. The molecule has 0 aliphatic carbocycles. The number of carbonyl (C=O) groups excluding carboxylic acids is 2. The van der Waals surface area contributed by atoms with Gasteiger partial charge >= 0.3 is 6.03 Å². The molecule has 2 bridgehead atoms. The second kappa shape index (κ2) is 6.98. The fourth-order valence-corrected chi connectivity index (χ4v) is 6.09. The topological polar surface area (TPSA) is 101 Å². The maximum absolute atomic E-state index is 12.7. The fraction of sp³-hybridized carbons (Fsp3) is 0.750. The highest BCUT2D eigenvalue weighted by atomic mass is 16.5. The van der Waals surface area contributed by atoms with Crippen LogP contribution in [0.1, 0.15) is 44.2 Å². The van der Waals surface area contributed by atoms with E-state index in [-0.39, 0.29) is 23.7 Å². The summed E-state index contributed by atoms with van der Waals surface area (Å²) in [5.41, 5.74) is 1.37. The smallest absolute Gasteiger partial charge is 0.317 e. The van der Waals surface area contributed by atoms with Gasteiger partial charge in [-0.1, -0.05) is 0 Å². The molecule has 4 aliphatic heterocycles. The predicted octanol–water partition coefficient (Wildman–Crippen LogP) is 1.10. The zero-order chi connectivity index (χ0) is 20.2. The van der Waals surface area contributed by atoms with Gasteiger partial charge in [-0.2, -0.15) is 5.10 Å². The molecule has 9 heteroatoms. The van der Waals surface area contributed by atoms with Gasteiger partial charge in [0.25, 0.3) is 0 Å². The first-order valence-corrected chi connectivity index (χ1v) is 10.7. The summed E-state index contributed by atoms with van der Waals surface area (Å²) < 4.78 is 7.59. The van der Waals surface area contributed by atoms with Gasteiger partial charge in [0.1, 0.15) is 6.23 Å². The Balaban J connectivity index is 1.29. The highest BCUT2D eigenvalue weighted by Gasteiger charge is 2.57. The number of amides is 3. The van der Waals surface area contributed by atoms with Gasteiger partial charge in [-0.25, -0.2) is 4.79 Å². The zero-order valence-electron chi connectivity index (χ0n) is 17.1. The van der Waals surface area contributed by atoms with E-state index < -0.39 is 0 Å². The van der Waals surface area contributed by atoms with Gasteiger partial charge in [0.15, 0.2) is 0 Å². The summed E-state index contributed by atoms with van der Waals surface area (Å²) in [5.74, 6) is 0.299. The molecular weight excluding hydrogens is 372 g/mol. The van der Waals surface area contributed by atoms with Crippen molar-refractivity contribution in [2.75, 3.05) is 18.5 Å². The number of aryl methyl sites for hydroxylation is 2. The van der Waals surface area contributed by atoms with Crippen LogP contribution in [0.15, 0.2) is 6.20 Å². The second-order valence-corrected chi connectivity index (χ2v) is 9.11. The maximum Gasteiger partial charge on any atom is 0.317 e. The average molecular weight is 402 g/mol. The molecule has 158 valence electrons. The number of nitrogens with zero attached hydrogens (tertiary/aromatic N) is 3. The summed E-state index contributed by atoms with van der Waals surface area (Å²) in [6, 6.07) is 0.511. The lowest BCUT2D eigenvalue weighted by Crippen LogP contribution is -2.73. The molecular formula is C20H30N6O3. The van der Waals surface area contributed by atoms with E-state index in [1.54, 1.807) is 4.68 Å². The first-order valence-electron chi connectivity index (χ1n) is 10.7. The van der Waals surface area contributed by atoms with Crippen molar-refractivity contribution in [2.45, 2.75) is 69.3 Å². The molecule has 3 amide bonds. The third kappa shape index (κ3) is 3.30. The van der Waals surface area contributed by atoms with Crippen LogP contribution in [-0.2, 0) is 16.6 Å². The molecule has 0 saturated carbocycles. The Hall–Kier alpha value is -2.13. The Bertz CT molecular complexity index is 809. The largest absolute Gasteiger partial charge is 0.358 e. The lowest BCUT2D eigenvalue weighted by molar-refractivity contribution is -0.122. The summed E-state index contributed by atoms with van der Waals surface area (Å²) in [5, 5.41) is 13.5. The number of nitrogens with one attached hydrogen (secondary N) is 3. The van der Waals surface area contributed by atoms with E-state index in [9.17, 15) is 9.59 Å². The zero-order valence-corrected chi connectivity index (χ0v) is 17.1. The van der Waals surface area contributed by atoms with Crippen molar-refractivity contribution in [3.63, 3.8) is 0 Å². The summed E-state index contributed by atoms with van der Waals surface area (Å²) >= 11 is 0. The number of piperidine rings is 1. The Kier molecular flexibility index (Phi) is 4.54. The van der Waals surface area contributed by atoms with Crippen LogP contribution in [0.2, 0.25) is 0 Å². The first-order chi connectivity index (χ1) is 13.9. The highest BCUT2D eigenvalue weighted by Crippen LogP contribution is 2.47. The summed E-state index contributed by atoms with van der Waals surface area (Å²) in [4.78, 5) is 27.4. The fourth-order valence-electron chi connectivity index (χ4n) is 6.09. The molecule has 1 aromatic rings. The molecule has 9 nitrogen and oxygen atoms in total. The van der Waals surface area contributed by atoms with Crippen LogP contribution < -0.4 is 16.0 Å². The molecule has 1 aromatic heterocycles. The van der Waals surface area contributed by atoms with Crippen LogP contribution in [0.5, 0.6) is 0 Å². The normalized spacial score (nSPS) is 36.4. The highest BCUT2D eigenvalue weighted by molar-refractivity contribution is 5.92. The third-order valence-corrected chi connectivity index (χ3v) is 7.25. The number of rotatable bonds is 3. The van der Waals surface area contributed by atoms with Gasteiger partial charge in [0, 0.05) is 37.9 Å². The van der Waals surface area contributed by atoms with E-state index in [0.29, 0.717) is 31.2 Å². The maximum atomic E-state index is 12.7. The first kappa shape index (κ1) is 18.9. The number of hydrogen-bond acceptors (Lipinski definition) is 5. The summed E-state index contributed by atoms with van der Waals surface area (Å²) in [6.07, 6.45) is 7.69. The number of aromatic nitrogens is 2. The molecule has 0 radical (unpaired) electrons. The standard InChI is InChI=1S/C20H30N6O3/c1-12-16(10-25(2)24-12)21-17(27)11-26-13-5-6-14(26)9-20(8-13)15-4-3-7-29-18(15)22-19(28)23-20/h10,13-15,18H,3-9,11H2,1-2H3,(H,21,27)(H2,22,23,28)/t13?,14?,15-,18+,20?/m1/s1. The number of hydrogen-bond donors (Lipinski definition) is 3. The van der Waals surface area contributed by atoms with Crippen LogP contribution in [0.3, 0.4) is 0 Å². The Labute approximate surface area is 170 Å². The minimum absolute atomic E-state index is 0.00201.